The van der Waals surface area contributed by atoms with Crippen LogP contribution >= 0.6 is 0 Å². The summed E-state index contributed by atoms with van der Waals surface area (Å²) < 4.78 is 0. The van der Waals surface area contributed by atoms with Gasteiger partial charge in [-0.3, -0.25) is 4.98 Å². The van der Waals surface area contributed by atoms with Crippen molar-refractivity contribution < 1.29 is 0 Å². The van der Waals surface area contributed by atoms with Crippen molar-refractivity contribution in [3.63, 3.8) is 0 Å². The Morgan fingerprint density at radius 3 is 2.12 bits per heavy atom. The lowest BCUT2D eigenvalue weighted by Gasteiger charge is -2.15. The van der Waals surface area contributed by atoms with Gasteiger partial charge in [0.2, 0.25) is 0 Å². The molecule has 0 amide bonds. The second kappa shape index (κ2) is 10.7. The van der Waals surface area contributed by atoms with Gasteiger partial charge in [0.15, 0.2) is 5.82 Å². The molecule has 0 N–H and O–H groups in total. The highest BCUT2D eigenvalue weighted by molar-refractivity contribution is 5.78. The number of hydrogen-bond acceptors (Lipinski definition) is 3. The average Bonchev–Trinajstić information content (AvgIpc) is 3.05. The largest absolute Gasteiger partial charge is 0.264 e. The van der Waals surface area contributed by atoms with Gasteiger partial charge in [0.25, 0.3) is 0 Å². The topological polar surface area (TPSA) is 38.7 Å². The summed E-state index contributed by atoms with van der Waals surface area (Å²) in [5.74, 6) is 0.810. The monoisotopic (exact) mass is 515 g/mol. The van der Waals surface area contributed by atoms with E-state index in [2.05, 4.69) is 114 Å². The fourth-order valence-corrected chi connectivity index (χ4v) is 5.68. The van der Waals surface area contributed by atoms with Gasteiger partial charge in [-0.15, -0.1) is 0 Å². The van der Waals surface area contributed by atoms with Gasteiger partial charge in [-0.25, -0.2) is 9.97 Å². The molecule has 0 saturated heterocycles. The van der Waals surface area contributed by atoms with E-state index in [1.807, 2.05) is 12.3 Å². The number of aromatic nitrogens is 3. The predicted octanol–water partition coefficient (Wildman–Crippen LogP) is 7.38. The molecule has 2 aliphatic rings. The number of benzene rings is 3. The van der Waals surface area contributed by atoms with Crippen molar-refractivity contribution in [1.29, 1.82) is 0 Å². The maximum atomic E-state index is 5.21. The van der Waals surface area contributed by atoms with Crippen LogP contribution in [0.5, 0.6) is 0 Å². The minimum atomic E-state index is 0.810. The van der Waals surface area contributed by atoms with Gasteiger partial charge in [-0.05, 0) is 77.1 Å². The first-order valence-electron chi connectivity index (χ1n) is 14.0. The van der Waals surface area contributed by atoms with Gasteiger partial charge in [-0.2, -0.15) is 0 Å². The maximum Gasteiger partial charge on any atom is 0.157 e. The van der Waals surface area contributed by atoms with E-state index in [4.69, 9.17) is 9.97 Å². The lowest BCUT2D eigenvalue weighted by Crippen LogP contribution is -2.30. The lowest BCUT2D eigenvalue weighted by molar-refractivity contribution is 1.02. The lowest BCUT2D eigenvalue weighted by atomic mass is 9.95. The van der Waals surface area contributed by atoms with E-state index in [0.717, 1.165) is 65.1 Å². The number of hydrogen-bond donors (Lipinski definition) is 0. The van der Waals surface area contributed by atoms with Crippen LogP contribution in [0.4, 0.5) is 0 Å². The molecule has 2 heterocycles. The molecule has 0 fully saturated rings. The maximum absolute atomic E-state index is 5.21. The van der Waals surface area contributed by atoms with Gasteiger partial charge in [0.1, 0.15) is 0 Å². The van der Waals surface area contributed by atoms with Gasteiger partial charge < -0.3 is 0 Å². The summed E-state index contributed by atoms with van der Waals surface area (Å²) in [5, 5.41) is 2.49. The predicted molar refractivity (Wildman–Crippen MR) is 164 cm³/mol. The Kier molecular flexibility index (Phi) is 6.47. The normalized spacial score (nSPS) is 14.3. The van der Waals surface area contributed by atoms with Gasteiger partial charge >= 0.3 is 0 Å². The molecule has 2 aromatic heterocycles. The highest BCUT2D eigenvalue weighted by Crippen LogP contribution is 2.32. The molecule has 0 bridgehead atoms. The van der Waals surface area contributed by atoms with Crippen molar-refractivity contribution in [2.24, 2.45) is 0 Å². The quantitative estimate of drug-likeness (QED) is 0.245. The molecule has 0 radical (unpaired) electrons. The Hall–Kier alpha value is -4.89. The molecule has 0 atom stereocenters. The van der Waals surface area contributed by atoms with Crippen molar-refractivity contribution in [2.75, 3.05) is 0 Å². The third kappa shape index (κ3) is 4.83. The number of allylic oxidation sites excluding steroid dienone is 4. The van der Waals surface area contributed by atoms with Crippen LogP contribution in [0.25, 0.3) is 50.9 Å². The Morgan fingerprint density at radius 2 is 1.35 bits per heavy atom. The molecular formula is C37H29N3. The van der Waals surface area contributed by atoms with Crippen molar-refractivity contribution in [2.45, 2.75) is 25.7 Å². The third-order valence-electron chi connectivity index (χ3n) is 7.74. The molecule has 192 valence electrons. The zero-order chi connectivity index (χ0) is 26.7. The zero-order valence-electron chi connectivity index (χ0n) is 22.3. The number of pyridine rings is 1. The van der Waals surface area contributed by atoms with Gasteiger partial charge in [-0.1, -0.05) is 91.0 Å². The highest BCUT2D eigenvalue weighted by Gasteiger charge is 2.16. The molecule has 0 spiro atoms. The van der Waals surface area contributed by atoms with E-state index >= 15 is 0 Å². The van der Waals surface area contributed by atoms with Gasteiger partial charge in [0.05, 0.1) is 11.4 Å². The van der Waals surface area contributed by atoms with Crippen molar-refractivity contribution >= 4 is 17.2 Å². The summed E-state index contributed by atoms with van der Waals surface area (Å²) in [6, 6.07) is 32.2. The molecule has 40 heavy (non-hydrogen) atoms. The molecule has 2 aliphatic carbocycles. The first kappa shape index (κ1) is 24.2. The van der Waals surface area contributed by atoms with Crippen LogP contribution < -0.4 is 10.4 Å². The Labute approximate surface area is 234 Å². The van der Waals surface area contributed by atoms with Gasteiger partial charge in [0, 0.05) is 34.7 Å². The van der Waals surface area contributed by atoms with Crippen LogP contribution in [0.15, 0.2) is 122 Å². The van der Waals surface area contributed by atoms with Crippen LogP contribution in [-0.2, 0) is 0 Å². The minimum Gasteiger partial charge on any atom is -0.264 e. The van der Waals surface area contributed by atoms with E-state index in [1.54, 1.807) is 6.20 Å². The smallest absolute Gasteiger partial charge is 0.157 e. The highest BCUT2D eigenvalue weighted by atomic mass is 14.9. The van der Waals surface area contributed by atoms with Crippen molar-refractivity contribution in [3.05, 3.63) is 143 Å². The molecule has 3 heteroatoms. The molecular weight excluding hydrogens is 486 g/mol. The molecule has 3 aromatic carbocycles. The average molecular weight is 516 g/mol. The second-order valence-corrected chi connectivity index (χ2v) is 10.3. The summed E-state index contributed by atoms with van der Waals surface area (Å²) in [6.45, 7) is 0. The van der Waals surface area contributed by atoms with E-state index in [0.29, 0.717) is 0 Å². The van der Waals surface area contributed by atoms with E-state index in [1.165, 1.54) is 27.1 Å². The Morgan fingerprint density at radius 1 is 0.600 bits per heavy atom. The molecule has 7 rings (SSSR count). The van der Waals surface area contributed by atoms with Crippen molar-refractivity contribution in [1.82, 2.24) is 15.0 Å². The van der Waals surface area contributed by atoms with E-state index in [9.17, 15) is 0 Å². The summed E-state index contributed by atoms with van der Waals surface area (Å²) in [5.41, 5.74) is 10.1. The summed E-state index contributed by atoms with van der Waals surface area (Å²) in [7, 11) is 0. The van der Waals surface area contributed by atoms with Crippen LogP contribution in [-0.4, -0.2) is 15.0 Å². The molecule has 3 nitrogen and oxygen atoms in total. The minimum absolute atomic E-state index is 0.810. The fraction of sp³-hybridized carbons (Fsp3) is 0.108. The fourth-order valence-electron chi connectivity index (χ4n) is 5.68. The summed E-state index contributed by atoms with van der Waals surface area (Å²) in [4.78, 5) is 14.7. The number of fused-ring (bicyclic) bond motifs is 1. The first-order chi connectivity index (χ1) is 19.8. The van der Waals surface area contributed by atoms with Crippen LogP contribution in [0.3, 0.4) is 0 Å². The SMILES string of the molecule is C1=CCCC(c2cccc(-c3cc(-c4cccc(-c5cccnc5)c4)nc(C4=c5ccccc5=CCC4)n3)c2)=C1. The Bertz CT molecular complexity index is 1900. The van der Waals surface area contributed by atoms with E-state index in [-0.39, 0.29) is 0 Å². The second-order valence-electron chi connectivity index (χ2n) is 10.3. The number of rotatable bonds is 5. The van der Waals surface area contributed by atoms with E-state index < -0.39 is 0 Å². The first-order valence-corrected chi connectivity index (χ1v) is 14.0. The molecule has 0 saturated carbocycles. The zero-order valence-corrected chi connectivity index (χ0v) is 22.3. The van der Waals surface area contributed by atoms with Crippen LogP contribution in [0.1, 0.15) is 37.1 Å². The Balaban J connectivity index is 1.42. The summed E-state index contributed by atoms with van der Waals surface area (Å²) in [6.07, 6.45) is 16.7. The molecule has 5 aromatic rings. The molecule has 0 aliphatic heterocycles. The van der Waals surface area contributed by atoms with Crippen molar-refractivity contribution in [3.8, 4) is 33.6 Å². The third-order valence-corrected chi connectivity index (χ3v) is 7.74. The molecule has 0 unspecified atom stereocenters. The standard InChI is InChI=1S/C37H29N3/c1-2-10-26(11-3-1)28-14-6-16-30(22-28)35-24-36(31-17-7-15-29(23-31)32-18-9-21-38-25-32)40-37(39-35)34-20-8-13-27-12-4-5-19-33(27)34/h1-2,4-7,9-10,12-19,21-25H,3,8,11,20H2. The number of nitrogens with zero attached hydrogens (tertiary/aromatic N) is 3. The summed E-state index contributed by atoms with van der Waals surface area (Å²) >= 11 is 0. The van der Waals surface area contributed by atoms with Crippen LogP contribution in [0, 0.1) is 0 Å². The van der Waals surface area contributed by atoms with Crippen LogP contribution in [0.2, 0.25) is 0 Å².